The number of amides is 2. The molecule has 1 heterocycles. The predicted octanol–water partition coefficient (Wildman–Crippen LogP) is 2.20. The molecule has 0 bridgehead atoms. The quantitative estimate of drug-likeness (QED) is 0.928. The summed E-state index contributed by atoms with van der Waals surface area (Å²) >= 11 is 0. The van der Waals surface area contributed by atoms with Crippen LogP contribution in [0.25, 0.3) is 0 Å². The van der Waals surface area contributed by atoms with E-state index in [4.69, 9.17) is 0 Å². The van der Waals surface area contributed by atoms with E-state index in [2.05, 4.69) is 10.2 Å². The maximum Gasteiger partial charge on any atom is 0.253 e. The Kier molecular flexibility index (Phi) is 5.95. The highest BCUT2D eigenvalue weighted by molar-refractivity contribution is 5.95. The van der Waals surface area contributed by atoms with Gasteiger partial charge in [0, 0.05) is 25.3 Å². The minimum Gasteiger partial charge on any atom is -0.345 e. The molecule has 1 N–H and O–H groups in total. The number of benzene rings is 1. The van der Waals surface area contributed by atoms with Crippen LogP contribution in [0.5, 0.6) is 0 Å². The zero-order valence-corrected chi connectivity index (χ0v) is 13.5. The average molecular weight is 303 g/mol. The van der Waals surface area contributed by atoms with Crippen molar-refractivity contribution in [3.63, 3.8) is 0 Å². The van der Waals surface area contributed by atoms with Crippen molar-refractivity contribution in [3.05, 3.63) is 29.8 Å². The zero-order valence-electron chi connectivity index (χ0n) is 13.5. The number of hydrogen-bond acceptors (Lipinski definition) is 3. The fourth-order valence-corrected chi connectivity index (χ4v) is 2.65. The number of likely N-dealkylation sites (tertiary alicyclic amines) is 1. The molecule has 1 saturated heterocycles. The van der Waals surface area contributed by atoms with Crippen molar-refractivity contribution in [2.24, 2.45) is 0 Å². The largest absolute Gasteiger partial charge is 0.345 e. The van der Waals surface area contributed by atoms with Gasteiger partial charge in [0.2, 0.25) is 5.91 Å². The molecular weight excluding hydrogens is 278 g/mol. The molecule has 0 radical (unpaired) electrons. The molecule has 1 aromatic rings. The molecular formula is C17H25N3O2. The number of anilines is 1. The lowest BCUT2D eigenvalue weighted by molar-refractivity contribution is -0.117. The lowest BCUT2D eigenvalue weighted by Crippen LogP contribution is -2.33. The topological polar surface area (TPSA) is 52.7 Å². The van der Waals surface area contributed by atoms with Crippen molar-refractivity contribution in [1.82, 2.24) is 9.80 Å². The monoisotopic (exact) mass is 303 g/mol. The highest BCUT2D eigenvalue weighted by Gasteiger charge is 2.13. The lowest BCUT2D eigenvalue weighted by atomic mass is 10.2. The van der Waals surface area contributed by atoms with Crippen molar-refractivity contribution in [2.45, 2.75) is 25.7 Å². The maximum atomic E-state index is 12.1. The summed E-state index contributed by atoms with van der Waals surface area (Å²) in [5.74, 6) is -0.0315. The molecule has 0 unspecified atom stereocenters. The van der Waals surface area contributed by atoms with Crippen molar-refractivity contribution < 1.29 is 9.59 Å². The van der Waals surface area contributed by atoms with E-state index in [-0.39, 0.29) is 11.8 Å². The average Bonchev–Trinajstić information content (AvgIpc) is 2.75. The number of carbonyl (C=O) groups is 2. The van der Waals surface area contributed by atoms with Crippen LogP contribution in [0.1, 0.15) is 36.0 Å². The molecule has 1 fully saturated rings. The zero-order chi connectivity index (χ0) is 15.9. The van der Waals surface area contributed by atoms with Crippen molar-refractivity contribution in [3.8, 4) is 0 Å². The first-order valence-corrected chi connectivity index (χ1v) is 7.90. The van der Waals surface area contributed by atoms with E-state index in [1.165, 1.54) is 30.6 Å². The molecule has 0 atom stereocenters. The van der Waals surface area contributed by atoms with E-state index in [0.717, 1.165) is 18.8 Å². The first-order chi connectivity index (χ1) is 10.6. The van der Waals surface area contributed by atoms with E-state index < -0.39 is 0 Å². The van der Waals surface area contributed by atoms with Crippen LogP contribution in [0.2, 0.25) is 0 Å². The predicted molar refractivity (Wildman–Crippen MR) is 88.0 cm³/mol. The van der Waals surface area contributed by atoms with Crippen molar-refractivity contribution in [2.75, 3.05) is 39.0 Å². The van der Waals surface area contributed by atoms with E-state index in [1.807, 2.05) is 0 Å². The van der Waals surface area contributed by atoms with Crippen LogP contribution < -0.4 is 5.32 Å². The summed E-state index contributed by atoms with van der Waals surface area (Å²) in [6.45, 7) is 2.45. The Morgan fingerprint density at radius 1 is 1.05 bits per heavy atom. The van der Waals surface area contributed by atoms with Crippen LogP contribution in [-0.4, -0.2) is 55.3 Å². The van der Waals surface area contributed by atoms with Crippen LogP contribution in [-0.2, 0) is 4.79 Å². The molecule has 5 nitrogen and oxygen atoms in total. The molecule has 120 valence electrons. The molecule has 0 aliphatic carbocycles. The molecule has 5 heteroatoms. The second kappa shape index (κ2) is 7.94. The number of nitrogens with one attached hydrogen (secondary N) is 1. The Labute approximate surface area is 132 Å². The highest BCUT2D eigenvalue weighted by atomic mass is 16.2. The normalized spacial score (nSPS) is 15.9. The first kappa shape index (κ1) is 16.5. The standard InChI is InChI=1S/C17H25N3O2/c1-19(2)17(22)14-7-9-15(10-8-14)18-16(21)13-20-11-5-3-4-6-12-20/h7-10H,3-6,11-13H2,1-2H3,(H,18,21). The summed E-state index contributed by atoms with van der Waals surface area (Å²) in [4.78, 5) is 27.6. The molecule has 22 heavy (non-hydrogen) atoms. The van der Waals surface area contributed by atoms with Gasteiger partial charge in [-0.2, -0.15) is 0 Å². The Balaban J connectivity index is 1.87. The molecule has 0 spiro atoms. The van der Waals surface area contributed by atoms with Gasteiger partial charge >= 0.3 is 0 Å². The van der Waals surface area contributed by atoms with Gasteiger partial charge in [0.05, 0.1) is 6.54 Å². The second-order valence-corrected chi connectivity index (χ2v) is 6.02. The number of carbonyl (C=O) groups excluding carboxylic acids is 2. The first-order valence-electron chi connectivity index (χ1n) is 7.90. The summed E-state index contributed by atoms with van der Waals surface area (Å²) in [5.41, 5.74) is 1.35. The lowest BCUT2D eigenvalue weighted by Gasteiger charge is -2.19. The summed E-state index contributed by atoms with van der Waals surface area (Å²) < 4.78 is 0. The van der Waals surface area contributed by atoms with Gasteiger partial charge in [0.1, 0.15) is 0 Å². The number of nitrogens with zero attached hydrogens (tertiary/aromatic N) is 2. The third-order valence-corrected chi connectivity index (χ3v) is 3.89. The van der Waals surface area contributed by atoms with E-state index in [9.17, 15) is 9.59 Å². The van der Waals surface area contributed by atoms with Gasteiger partial charge in [-0.05, 0) is 50.2 Å². The SMILES string of the molecule is CN(C)C(=O)c1ccc(NC(=O)CN2CCCCCC2)cc1. The van der Waals surface area contributed by atoms with Gasteiger partial charge in [-0.25, -0.2) is 0 Å². The van der Waals surface area contributed by atoms with E-state index in [0.29, 0.717) is 12.1 Å². The van der Waals surface area contributed by atoms with Crippen molar-refractivity contribution in [1.29, 1.82) is 0 Å². The van der Waals surface area contributed by atoms with Crippen LogP contribution in [0.4, 0.5) is 5.69 Å². The van der Waals surface area contributed by atoms with Gasteiger partial charge in [-0.1, -0.05) is 12.8 Å². The van der Waals surface area contributed by atoms with Crippen molar-refractivity contribution >= 4 is 17.5 Å². The third kappa shape index (κ3) is 4.84. The third-order valence-electron chi connectivity index (χ3n) is 3.89. The Morgan fingerprint density at radius 3 is 2.18 bits per heavy atom. The minimum atomic E-state index is -0.0394. The Hall–Kier alpha value is -1.88. The van der Waals surface area contributed by atoms with Gasteiger partial charge in [0.25, 0.3) is 5.91 Å². The number of hydrogen-bond donors (Lipinski definition) is 1. The molecule has 0 saturated carbocycles. The van der Waals surface area contributed by atoms with Gasteiger partial charge in [-0.15, -0.1) is 0 Å². The fraction of sp³-hybridized carbons (Fsp3) is 0.529. The van der Waals surface area contributed by atoms with E-state index in [1.54, 1.807) is 38.4 Å². The van der Waals surface area contributed by atoms with Gasteiger partial charge in [-0.3, -0.25) is 14.5 Å². The molecule has 1 aromatic carbocycles. The summed E-state index contributed by atoms with van der Waals surface area (Å²) in [6, 6.07) is 7.03. The molecule has 2 rings (SSSR count). The Morgan fingerprint density at radius 2 is 1.64 bits per heavy atom. The van der Waals surface area contributed by atoms with Gasteiger partial charge < -0.3 is 10.2 Å². The van der Waals surface area contributed by atoms with Crippen LogP contribution >= 0.6 is 0 Å². The van der Waals surface area contributed by atoms with Crippen LogP contribution in [0.3, 0.4) is 0 Å². The Bertz CT molecular complexity index is 503. The smallest absolute Gasteiger partial charge is 0.253 e. The fourth-order valence-electron chi connectivity index (χ4n) is 2.65. The number of rotatable bonds is 4. The van der Waals surface area contributed by atoms with Crippen LogP contribution in [0, 0.1) is 0 Å². The highest BCUT2D eigenvalue weighted by Crippen LogP contribution is 2.12. The molecule has 1 aliphatic rings. The second-order valence-electron chi connectivity index (χ2n) is 6.02. The summed E-state index contributed by atoms with van der Waals surface area (Å²) in [7, 11) is 3.44. The summed E-state index contributed by atoms with van der Waals surface area (Å²) in [5, 5.41) is 2.90. The van der Waals surface area contributed by atoms with E-state index >= 15 is 0 Å². The summed E-state index contributed by atoms with van der Waals surface area (Å²) in [6.07, 6.45) is 4.88. The van der Waals surface area contributed by atoms with Crippen LogP contribution in [0.15, 0.2) is 24.3 Å². The van der Waals surface area contributed by atoms with Gasteiger partial charge in [0.15, 0.2) is 0 Å². The molecule has 2 amide bonds. The molecule has 0 aromatic heterocycles. The minimum absolute atomic E-state index is 0.00795. The molecule has 1 aliphatic heterocycles. The maximum absolute atomic E-state index is 12.1.